The van der Waals surface area contributed by atoms with E-state index in [0.29, 0.717) is 18.7 Å². The molecule has 0 radical (unpaired) electrons. The normalized spacial score (nSPS) is 21.2. The third-order valence-electron chi connectivity index (χ3n) is 5.83. The van der Waals surface area contributed by atoms with Crippen LogP contribution in [0.5, 0.6) is 5.75 Å². The molecule has 28 heavy (non-hydrogen) atoms. The SMILES string of the molecule is COc1ccc2[nH]c3c(c2c1)CCN1C(=O)N(c2cccc(F)c2)C(=O)[C@]31C. The molecule has 1 fully saturated rings. The average molecular weight is 379 g/mol. The van der Waals surface area contributed by atoms with Crippen LogP contribution in [0.1, 0.15) is 18.2 Å². The van der Waals surface area contributed by atoms with Crippen molar-refractivity contribution in [1.29, 1.82) is 0 Å². The molecule has 0 aliphatic carbocycles. The van der Waals surface area contributed by atoms with Gasteiger partial charge in [0.15, 0.2) is 5.54 Å². The molecule has 0 unspecified atom stereocenters. The minimum absolute atomic E-state index is 0.241. The van der Waals surface area contributed by atoms with Crippen LogP contribution >= 0.6 is 0 Å². The quantitative estimate of drug-likeness (QED) is 0.693. The molecule has 1 atom stereocenters. The smallest absolute Gasteiger partial charge is 0.332 e. The van der Waals surface area contributed by atoms with Crippen molar-refractivity contribution in [2.45, 2.75) is 18.9 Å². The van der Waals surface area contributed by atoms with E-state index in [0.717, 1.165) is 27.1 Å². The Morgan fingerprint density at radius 2 is 2.00 bits per heavy atom. The third-order valence-corrected chi connectivity index (χ3v) is 5.83. The van der Waals surface area contributed by atoms with Crippen molar-refractivity contribution in [3.05, 3.63) is 59.5 Å². The molecule has 0 bridgehead atoms. The number of amides is 3. The Morgan fingerprint density at radius 3 is 2.75 bits per heavy atom. The van der Waals surface area contributed by atoms with E-state index in [9.17, 15) is 14.0 Å². The Hall–Kier alpha value is -3.35. The van der Waals surface area contributed by atoms with Crippen molar-refractivity contribution in [2.75, 3.05) is 18.6 Å². The number of H-pyrrole nitrogens is 1. The van der Waals surface area contributed by atoms with Crippen LogP contribution in [-0.4, -0.2) is 35.5 Å². The number of aromatic amines is 1. The summed E-state index contributed by atoms with van der Waals surface area (Å²) >= 11 is 0. The summed E-state index contributed by atoms with van der Waals surface area (Å²) in [6, 6.07) is 10.8. The van der Waals surface area contributed by atoms with Crippen molar-refractivity contribution >= 4 is 28.5 Å². The number of nitrogens with zero attached hydrogens (tertiary/aromatic N) is 2. The van der Waals surface area contributed by atoms with Gasteiger partial charge in [-0.05, 0) is 55.3 Å². The Bertz CT molecular complexity index is 1160. The molecule has 3 heterocycles. The van der Waals surface area contributed by atoms with Gasteiger partial charge in [0.05, 0.1) is 18.5 Å². The number of hydrogen-bond acceptors (Lipinski definition) is 3. The molecular weight excluding hydrogens is 361 g/mol. The number of halogens is 1. The third kappa shape index (κ3) is 2.01. The van der Waals surface area contributed by atoms with Gasteiger partial charge in [-0.1, -0.05) is 6.07 Å². The van der Waals surface area contributed by atoms with Crippen molar-refractivity contribution in [2.24, 2.45) is 0 Å². The van der Waals surface area contributed by atoms with Gasteiger partial charge in [-0.25, -0.2) is 14.1 Å². The molecule has 1 aromatic heterocycles. The van der Waals surface area contributed by atoms with Crippen LogP contribution < -0.4 is 9.64 Å². The van der Waals surface area contributed by atoms with E-state index in [1.807, 2.05) is 18.2 Å². The summed E-state index contributed by atoms with van der Waals surface area (Å²) in [5.74, 6) is -0.147. The van der Waals surface area contributed by atoms with Crippen LogP contribution in [0.15, 0.2) is 42.5 Å². The van der Waals surface area contributed by atoms with E-state index in [1.165, 1.54) is 18.2 Å². The highest BCUT2D eigenvalue weighted by molar-refractivity contribution is 6.23. The second-order valence-electron chi connectivity index (χ2n) is 7.27. The Labute approximate surface area is 160 Å². The number of fused-ring (bicyclic) bond motifs is 5. The summed E-state index contributed by atoms with van der Waals surface area (Å²) in [4.78, 5) is 32.5. The Balaban J connectivity index is 1.68. The van der Waals surface area contributed by atoms with E-state index in [-0.39, 0.29) is 11.6 Å². The summed E-state index contributed by atoms with van der Waals surface area (Å²) in [5.41, 5.74) is 1.68. The zero-order chi connectivity index (χ0) is 19.6. The fourth-order valence-corrected chi connectivity index (χ4v) is 4.39. The Kier molecular flexibility index (Phi) is 3.34. The average Bonchev–Trinajstić information content (AvgIpc) is 3.15. The molecule has 2 aliphatic rings. The number of rotatable bonds is 2. The highest BCUT2D eigenvalue weighted by Crippen LogP contribution is 2.45. The van der Waals surface area contributed by atoms with Gasteiger partial charge in [0.25, 0.3) is 5.91 Å². The molecule has 6 nitrogen and oxygen atoms in total. The summed E-state index contributed by atoms with van der Waals surface area (Å²) in [5, 5.41) is 0.986. The van der Waals surface area contributed by atoms with Crippen LogP contribution in [0.4, 0.5) is 14.9 Å². The molecule has 0 spiro atoms. The number of hydrogen-bond donors (Lipinski definition) is 1. The van der Waals surface area contributed by atoms with E-state index in [2.05, 4.69) is 4.98 Å². The number of aromatic nitrogens is 1. The first-order chi connectivity index (χ1) is 13.4. The second kappa shape index (κ2) is 5.58. The number of benzene rings is 2. The lowest BCUT2D eigenvalue weighted by atomic mass is 9.87. The van der Waals surface area contributed by atoms with E-state index >= 15 is 0 Å². The number of nitrogens with one attached hydrogen (secondary N) is 1. The molecule has 2 aromatic carbocycles. The molecule has 142 valence electrons. The first-order valence-electron chi connectivity index (χ1n) is 9.06. The highest BCUT2D eigenvalue weighted by Gasteiger charge is 2.59. The predicted molar refractivity (Wildman–Crippen MR) is 102 cm³/mol. The molecule has 7 heteroatoms. The van der Waals surface area contributed by atoms with Crippen LogP contribution in [0.25, 0.3) is 10.9 Å². The lowest BCUT2D eigenvalue weighted by molar-refractivity contribution is -0.125. The fraction of sp³-hybridized carbons (Fsp3) is 0.238. The maximum atomic E-state index is 13.7. The molecular formula is C21H18FN3O3. The number of ether oxygens (including phenoxy) is 1. The zero-order valence-corrected chi connectivity index (χ0v) is 15.5. The van der Waals surface area contributed by atoms with Gasteiger partial charge >= 0.3 is 6.03 Å². The van der Waals surface area contributed by atoms with Crippen LogP contribution in [-0.2, 0) is 16.8 Å². The summed E-state index contributed by atoms with van der Waals surface area (Å²) < 4.78 is 19.0. The first kappa shape index (κ1) is 16.8. The molecule has 2 aliphatic heterocycles. The van der Waals surface area contributed by atoms with Crippen LogP contribution in [0.3, 0.4) is 0 Å². The number of carbonyl (C=O) groups excluding carboxylic acids is 2. The number of anilines is 1. The van der Waals surface area contributed by atoms with E-state index in [4.69, 9.17) is 4.74 Å². The highest BCUT2D eigenvalue weighted by atomic mass is 19.1. The lowest BCUT2D eigenvalue weighted by Crippen LogP contribution is -2.49. The molecule has 0 saturated carbocycles. The Morgan fingerprint density at radius 1 is 1.18 bits per heavy atom. The monoisotopic (exact) mass is 379 g/mol. The number of methoxy groups -OCH3 is 1. The molecule has 3 amide bonds. The minimum atomic E-state index is -1.16. The topological polar surface area (TPSA) is 65.6 Å². The van der Waals surface area contributed by atoms with Crippen LogP contribution in [0, 0.1) is 5.82 Å². The molecule has 1 N–H and O–H groups in total. The van der Waals surface area contributed by atoms with Gasteiger partial charge in [0.1, 0.15) is 11.6 Å². The van der Waals surface area contributed by atoms with Crippen molar-refractivity contribution in [3.63, 3.8) is 0 Å². The number of carbonyl (C=O) groups is 2. The summed E-state index contributed by atoms with van der Waals surface area (Å²) in [7, 11) is 1.61. The number of urea groups is 1. The largest absolute Gasteiger partial charge is 0.497 e. The van der Waals surface area contributed by atoms with Gasteiger partial charge in [0.2, 0.25) is 0 Å². The molecule has 3 aromatic rings. The van der Waals surface area contributed by atoms with Crippen molar-refractivity contribution in [1.82, 2.24) is 9.88 Å². The fourth-order valence-electron chi connectivity index (χ4n) is 4.39. The maximum Gasteiger partial charge on any atom is 0.332 e. The first-order valence-corrected chi connectivity index (χ1v) is 9.06. The van der Waals surface area contributed by atoms with Gasteiger partial charge in [-0.2, -0.15) is 0 Å². The van der Waals surface area contributed by atoms with Crippen LogP contribution in [0.2, 0.25) is 0 Å². The molecule has 1 saturated heterocycles. The minimum Gasteiger partial charge on any atom is -0.497 e. The summed E-state index contributed by atoms with van der Waals surface area (Å²) in [6.45, 7) is 2.15. The maximum absolute atomic E-state index is 13.7. The van der Waals surface area contributed by atoms with E-state index in [1.54, 1.807) is 25.0 Å². The number of imide groups is 1. The predicted octanol–water partition coefficient (Wildman–Crippen LogP) is 3.56. The lowest BCUT2D eigenvalue weighted by Gasteiger charge is -2.35. The zero-order valence-electron chi connectivity index (χ0n) is 15.5. The molecule has 5 rings (SSSR count). The summed E-state index contributed by atoms with van der Waals surface area (Å²) in [6.07, 6.45) is 0.619. The van der Waals surface area contributed by atoms with Crippen molar-refractivity contribution in [3.8, 4) is 5.75 Å². The van der Waals surface area contributed by atoms with Gasteiger partial charge in [-0.15, -0.1) is 0 Å². The van der Waals surface area contributed by atoms with E-state index < -0.39 is 17.4 Å². The van der Waals surface area contributed by atoms with Gasteiger partial charge in [0, 0.05) is 17.4 Å². The van der Waals surface area contributed by atoms with Gasteiger partial charge in [-0.3, -0.25) is 4.79 Å². The standard InChI is InChI=1S/C21H18FN3O3/c1-21-18-15(16-11-14(28-2)6-7-17(16)23-18)8-9-24(21)20(27)25(19(21)26)13-5-3-4-12(22)10-13/h3-7,10-11,23H,8-9H2,1-2H3/t21-/m0/s1. The van der Waals surface area contributed by atoms with Crippen molar-refractivity contribution < 1.29 is 18.7 Å². The second-order valence-corrected chi connectivity index (χ2v) is 7.27. The van der Waals surface area contributed by atoms with Gasteiger partial charge < -0.3 is 14.6 Å².